The van der Waals surface area contributed by atoms with Crippen LogP contribution in [0.3, 0.4) is 0 Å². The Morgan fingerprint density at radius 1 is 1.29 bits per heavy atom. The van der Waals surface area contributed by atoms with E-state index in [9.17, 15) is 14.4 Å². The second-order valence-corrected chi connectivity index (χ2v) is 5.36. The average molecular weight is 334 g/mol. The lowest BCUT2D eigenvalue weighted by Crippen LogP contribution is -2.44. The highest BCUT2D eigenvalue weighted by Crippen LogP contribution is 2.14. The van der Waals surface area contributed by atoms with Gasteiger partial charge in [-0.15, -0.1) is 0 Å². The highest BCUT2D eigenvalue weighted by molar-refractivity contribution is 5.97. The number of carbonyl (C=O) groups excluding carboxylic acids is 3. The summed E-state index contributed by atoms with van der Waals surface area (Å²) in [5, 5.41) is 5.35. The number of amides is 4. The van der Waals surface area contributed by atoms with E-state index in [4.69, 9.17) is 4.74 Å². The average Bonchev–Trinajstić information content (AvgIpc) is 3.01. The maximum absolute atomic E-state index is 12.1. The van der Waals surface area contributed by atoms with Gasteiger partial charge < -0.3 is 15.4 Å². The highest BCUT2D eigenvalue weighted by atomic mass is 16.5. The molecule has 1 saturated heterocycles. The van der Waals surface area contributed by atoms with Gasteiger partial charge in [0.2, 0.25) is 11.8 Å². The van der Waals surface area contributed by atoms with Crippen LogP contribution in [-0.4, -0.2) is 67.5 Å². The van der Waals surface area contributed by atoms with Crippen LogP contribution in [0.5, 0.6) is 5.75 Å². The summed E-state index contributed by atoms with van der Waals surface area (Å²) in [6.07, 6.45) is 0. The fourth-order valence-corrected chi connectivity index (χ4v) is 2.34. The van der Waals surface area contributed by atoms with Gasteiger partial charge >= 0.3 is 6.03 Å². The van der Waals surface area contributed by atoms with E-state index in [0.717, 1.165) is 0 Å². The third kappa shape index (κ3) is 4.69. The summed E-state index contributed by atoms with van der Waals surface area (Å²) in [7, 11) is 1.57. The molecular weight excluding hydrogens is 312 g/mol. The Bertz CT molecular complexity index is 603. The summed E-state index contributed by atoms with van der Waals surface area (Å²) in [5.41, 5.74) is 0.655. The van der Waals surface area contributed by atoms with Gasteiger partial charge in [0.05, 0.1) is 20.2 Å². The van der Waals surface area contributed by atoms with Gasteiger partial charge in [0.15, 0.2) is 0 Å². The lowest BCUT2D eigenvalue weighted by molar-refractivity contribution is -0.129. The van der Waals surface area contributed by atoms with Crippen LogP contribution < -0.4 is 15.4 Å². The molecule has 1 aliphatic rings. The molecule has 1 heterocycles. The third-order valence-electron chi connectivity index (χ3n) is 3.70. The molecule has 0 unspecified atom stereocenters. The first-order valence-corrected chi connectivity index (χ1v) is 7.78. The van der Waals surface area contributed by atoms with E-state index in [2.05, 4.69) is 10.6 Å². The molecule has 2 N–H and O–H groups in total. The minimum atomic E-state index is -0.376. The van der Waals surface area contributed by atoms with Crippen molar-refractivity contribution >= 4 is 23.5 Å². The normalized spacial score (nSPS) is 13.8. The molecule has 24 heavy (non-hydrogen) atoms. The van der Waals surface area contributed by atoms with Crippen LogP contribution in [0.1, 0.15) is 6.92 Å². The predicted molar refractivity (Wildman–Crippen MR) is 88.8 cm³/mol. The molecule has 2 rings (SSSR count). The van der Waals surface area contributed by atoms with Gasteiger partial charge in [-0.05, 0) is 30.8 Å². The van der Waals surface area contributed by atoms with Crippen molar-refractivity contribution in [1.29, 1.82) is 0 Å². The Labute approximate surface area is 140 Å². The van der Waals surface area contributed by atoms with E-state index in [0.29, 0.717) is 31.1 Å². The number of benzene rings is 1. The van der Waals surface area contributed by atoms with Gasteiger partial charge in [0.25, 0.3) is 0 Å². The molecule has 0 aromatic heterocycles. The first-order chi connectivity index (χ1) is 11.5. The Hall–Kier alpha value is -2.61. The molecule has 1 fully saturated rings. The van der Waals surface area contributed by atoms with Crippen LogP contribution in [0.25, 0.3) is 0 Å². The SMILES string of the molecule is CCN(CC(=O)Nc1ccc(OC)cc1)CC(=O)N1CCNC1=O. The molecule has 0 spiro atoms. The first kappa shape index (κ1) is 17.7. The van der Waals surface area contributed by atoms with E-state index < -0.39 is 0 Å². The first-order valence-electron chi connectivity index (χ1n) is 7.78. The Morgan fingerprint density at radius 3 is 2.54 bits per heavy atom. The zero-order chi connectivity index (χ0) is 17.5. The van der Waals surface area contributed by atoms with Crippen molar-refractivity contribution in [2.45, 2.75) is 6.92 Å². The maximum atomic E-state index is 12.1. The van der Waals surface area contributed by atoms with E-state index >= 15 is 0 Å². The number of hydrogen-bond donors (Lipinski definition) is 2. The zero-order valence-electron chi connectivity index (χ0n) is 13.9. The fourth-order valence-electron chi connectivity index (χ4n) is 2.34. The lowest BCUT2D eigenvalue weighted by Gasteiger charge is -2.21. The van der Waals surface area contributed by atoms with E-state index in [1.165, 1.54) is 4.90 Å². The summed E-state index contributed by atoms with van der Waals surface area (Å²) < 4.78 is 5.06. The van der Waals surface area contributed by atoms with Crippen LogP contribution in [0.15, 0.2) is 24.3 Å². The van der Waals surface area contributed by atoms with Gasteiger partial charge in [-0.1, -0.05) is 6.92 Å². The number of rotatable bonds is 7. The predicted octanol–water partition coefficient (Wildman–Crippen LogP) is 0.507. The number of likely N-dealkylation sites (N-methyl/N-ethyl adjacent to an activating group) is 1. The molecule has 1 aromatic carbocycles. The topological polar surface area (TPSA) is 91.0 Å². The van der Waals surface area contributed by atoms with E-state index in [-0.39, 0.29) is 30.9 Å². The number of carbonyl (C=O) groups is 3. The lowest BCUT2D eigenvalue weighted by atomic mass is 10.3. The standard InChI is InChI=1S/C16H22N4O4/c1-3-19(11-15(22)20-9-8-17-16(20)23)10-14(21)18-12-4-6-13(24-2)7-5-12/h4-7H,3,8-11H2,1-2H3,(H,17,23)(H,18,21). The van der Waals surface area contributed by atoms with E-state index in [1.54, 1.807) is 36.3 Å². The van der Waals surface area contributed by atoms with Crippen molar-refractivity contribution < 1.29 is 19.1 Å². The number of hydrogen-bond acceptors (Lipinski definition) is 5. The smallest absolute Gasteiger partial charge is 0.324 e. The molecule has 1 aliphatic heterocycles. The summed E-state index contributed by atoms with van der Waals surface area (Å²) in [6.45, 7) is 3.32. The number of methoxy groups -OCH3 is 1. The molecule has 0 bridgehead atoms. The third-order valence-corrected chi connectivity index (χ3v) is 3.70. The van der Waals surface area contributed by atoms with Crippen LogP contribution in [0.4, 0.5) is 10.5 Å². The number of imide groups is 1. The van der Waals surface area contributed by atoms with Crippen molar-refractivity contribution in [2.75, 3.05) is 45.2 Å². The fraction of sp³-hybridized carbons (Fsp3) is 0.438. The summed E-state index contributed by atoms with van der Waals surface area (Å²) in [5.74, 6) is 0.183. The molecule has 4 amide bonds. The van der Waals surface area contributed by atoms with Gasteiger partial charge in [-0.25, -0.2) is 4.79 Å². The highest BCUT2D eigenvalue weighted by Gasteiger charge is 2.27. The molecule has 0 atom stereocenters. The zero-order valence-corrected chi connectivity index (χ0v) is 13.9. The molecule has 130 valence electrons. The Kier molecular flexibility index (Phi) is 6.14. The van der Waals surface area contributed by atoms with Gasteiger partial charge in [-0.3, -0.25) is 19.4 Å². The quantitative estimate of drug-likeness (QED) is 0.758. The van der Waals surface area contributed by atoms with Gasteiger partial charge in [0, 0.05) is 18.8 Å². The summed E-state index contributed by atoms with van der Waals surface area (Å²) >= 11 is 0. The van der Waals surface area contributed by atoms with Crippen molar-refractivity contribution in [2.24, 2.45) is 0 Å². The van der Waals surface area contributed by atoms with Gasteiger partial charge in [-0.2, -0.15) is 0 Å². The molecule has 1 aromatic rings. The van der Waals surface area contributed by atoms with Crippen LogP contribution in [-0.2, 0) is 9.59 Å². The maximum Gasteiger partial charge on any atom is 0.324 e. The molecule has 0 radical (unpaired) electrons. The van der Waals surface area contributed by atoms with Crippen molar-refractivity contribution in [1.82, 2.24) is 15.1 Å². The number of urea groups is 1. The summed E-state index contributed by atoms with van der Waals surface area (Å²) in [6, 6.07) is 6.61. The molecule has 0 saturated carbocycles. The van der Waals surface area contributed by atoms with Crippen molar-refractivity contribution in [3.8, 4) is 5.75 Å². The minimum absolute atomic E-state index is 0.0277. The monoisotopic (exact) mass is 334 g/mol. The van der Waals surface area contributed by atoms with Crippen LogP contribution in [0, 0.1) is 0 Å². The van der Waals surface area contributed by atoms with Gasteiger partial charge in [0.1, 0.15) is 5.75 Å². The number of ether oxygens (including phenoxy) is 1. The van der Waals surface area contributed by atoms with Crippen LogP contribution in [0.2, 0.25) is 0 Å². The second kappa shape index (κ2) is 8.30. The molecule has 8 heteroatoms. The van der Waals surface area contributed by atoms with Crippen molar-refractivity contribution in [3.05, 3.63) is 24.3 Å². The second-order valence-electron chi connectivity index (χ2n) is 5.36. The number of nitrogens with zero attached hydrogens (tertiary/aromatic N) is 2. The van der Waals surface area contributed by atoms with Crippen LogP contribution >= 0.6 is 0 Å². The summed E-state index contributed by atoms with van der Waals surface area (Å²) in [4.78, 5) is 38.6. The Morgan fingerprint density at radius 2 is 2.00 bits per heavy atom. The number of anilines is 1. The van der Waals surface area contributed by atoms with E-state index in [1.807, 2.05) is 6.92 Å². The van der Waals surface area contributed by atoms with Crippen molar-refractivity contribution in [3.63, 3.8) is 0 Å². The largest absolute Gasteiger partial charge is 0.497 e. The Balaban J connectivity index is 1.85. The minimum Gasteiger partial charge on any atom is -0.497 e. The number of nitrogens with one attached hydrogen (secondary N) is 2. The molecular formula is C16H22N4O4. The molecule has 0 aliphatic carbocycles. The molecule has 8 nitrogen and oxygen atoms in total.